The minimum atomic E-state index is -0.610. The summed E-state index contributed by atoms with van der Waals surface area (Å²) in [5.74, 6) is 0.993. The SMILES string of the molecule is COc1cc2ccc1CNC(=O)CCc1ccc(OC)c(c1)OCC(=O)N[C@@H]1CN(C(=O)CO)CC[C@@H]1O2. The number of carbonyl (C=O) groups excluding carboxylic acids is 3. The number of rotatable bonds is 3. The number of aryl methyl sites for hydroxylation is 1. The normalized spacial score (nSPS) is 20.3. The van der Waals surface area contributed by atoms with Crippen molar-refractivity contribution < 1.29 is 38.4 Å². The minimum absolute atomic E-state index is 0.116. The van der Waals surface area contributed by atoms with Crippen molar-refractivity contribution in [2.45, 2.75) is 38.0 Å². The van der Waals surface area contributed by atoms with Crippen LogP contribution >= 0.6 is 0 Å². The van der Waals surface area contributed by atoms with Gasteiger partial charge in [-0.15, -0.1) is 0 Å². The molecule has 1 fully saturated rings. The quantitative estimate of drug-likeness (QED) is 0.534. The third-order valence-corrected chi connectivity index (χ3v) is 6.63. The summed E-state index contributed by atoms with van der Waals surface area (Å²) in [4.78, 5) is 39.1. The summed E-state index contributed by atoms with van der Waals surface area (Å²) < 4.78 is 22.9. The predicted molar refractivity (Wildman–Crippen MR) is 136 cm³/mol. The Balaban J connectivity index is 1.62. The fourth-order valence-electron chi connectivity index (χ4n) is 4.58. The number of ether oxygens (including phenoxy) is 4. The molecular formula is C27H33N3O8. The van der Waals surface area contributed by atoms with Crippen molar-refractivity contribution in [3.8, 4) is 23.0 Å². The van der Waals surface area contributed by atoms with Gasteiger partial charge in [0.05, 0.1) is 20.3 Å². The Kier molecular flexibility index (Phi) is 8.90. The Morgan fingerprint density at radius 2 is 1.89 bits per heavy atom. The average molecular weight is 528 g/mol. The molecule has 3 amide bonds. The van der Waals surface area contributed by atoms with Crippen LogP contribution in [0.4, 0.5) is 0 Å². The fraction of sp³-hybridized carbons (Fsp3) is 0.444. The number of aliphatic hydroxyl groups excluding tert-OH is 1. The third-order valence-electron chi connectivity index (χ3n) is 6.63. The lowest BCUT2D eigenvalue weighted by Crippen LogP contribution is -2.59. The molecule has 2 atom stereocenters. The number of piperidine rings is 1. The van der Waals surface area contributed by atoms with Crippen molar-refractivity contribution in [3.05, 3.63) is 47.5 Å². The second-order valence-electron chi connectivity index (χ2n) is 9.14. The average Bonchev–Trinajstić information content (AvgIpc) is 2.94. The van der Waals surface area contributed by atoms with Crippen LogP contribution in [0.5, 0.6) is 23.0 Å². The first-order valence-electron chi connectivity index (χ1n) is 12.5. The molecule has 0 unspecified atom stereocenters. The lowest BCUT2D eigenvalue weighted by molar-refractivity contribution is -0.138. The van der Waals surface area contributed by atoms with Crippen molar-refractivity contribution in [2.75, 3.05) is 40.5 Å². The van der Waals surface area contributed by atoms with Crippen LogP contribution in [0.1, 0.15) is 24.0 Å². The number of carbonyl (C=O) groups is 3. The molecule has 5 rings (SSSR count). The van der Waals surface area contributed by atoms with Gasteiger partial charge in [-0.1, -0.05) is 6.07 Å². The molecule has 2 aromatic rings. The monoisotopic (exact) mass is 527 g/mol. The van der Waals surface area contributed by atoms with Crippen molar-refractivity contribution in [3.63, 3.8) is 0 Å². The van der Waals surface area contributed by atoms with Gasteiger partial charge in [-0.05, 0) is 36.2 Å². The van der Waals surface area contributed by atoms with E-state index in [0.717, 1.165) is 11.1 Å². The molecule has 38 heavy (non-hydrogen) atoms. The summed E-state index contributed by atoms with van der Waals surface area (Å²) in [6, 6.07) is 10.1. The van der Waals surface area contributed by atoms with Crippen LogP contribution in [-0.4, -0.2) is 80.4 Å². The molecular weight excluding hydrogens is 494 g/mol. The topological polar surface area (TPSA) is 136 Å². The lowest BCUT2D eigenvalue weighted by Gasteiger charge is -2.38. The number of nitrogens with one attached hydrogen (secondary N) is 2. The zero-order chi connectivity index (χ0) is 27.1. The van der Waals surface area contributed by atoms with Gasteiger partial charge in [0.25, 0.3) is 5.91 Å². The van der Waals surface area contributed by atoms with E-state index in [4.69, 9.17) is 18.9 Å². The molecule has 204 valence electrons. The fourth-order valence-corrected chi connectivity index (χ4v) is 4.58. The molecule has 0 saturated carbocycles. The number of methoxy groups -OCH3 is 2. The summed E-state index contributed by atoms with van der Waals surface area (Å²) in [6.45, 7) is -0.0613. The Hall–Kier alpha value is -3.99. The van der Waals surface area contributed by atoms with E-state index >= 15 is 0 Å². The summed E-state index contributed by atoms with van der Waals surface area (Å²) in [5, 5.41) is 15.2. The Labute approximate surface area is 221 Å². The number of amides is 3. The van der Waals surface area contributed by atoms with Gasteiger partial charge in [-0.2, -0.15) is 0 Å². The van der Waals surface area contributed by atoms with Gasteiger partial charge in [0.1, 0.15) is 24.2 Å². The van der Waals surface area contributed by atoms with Gasteiger partial charge in [0, 0.05) is 44.1 Å². The van der Waals surface area contributed by atoms with E-state index in [9.17, 15) is 19.5 Å². The minimum Gasteiger partial charge on any atom is -0.496 e. The Morgan fingerprint density at radius 1 is 1.08 bits per heavy atom. The van der Waals surface area contributed by atoms with Crippen molar-refractivity contribution >= 4 is 17.7 Å². The molecule has 4 bridgehead atoms. The van der Waals surface area contributed by atoms with Gasteiger partial charge in [0.15, 0.2) is 18.1 Å². The first-order chi connectivity index (χ1) is 18.4. The van der Waals surface area contributed by atoms with Gasteiger partial charge in [-0.25, -0.2) is 0 Å². The zero-order valence-corrected chi connectivity index (χ0v) is 21.5. The number of hydrogen-bond acceptors (Lipinski definition) is 8. The van der Waals surface area contributed by atoms with E-state index in [2.05, 4.69) is 10.6 Å². The molecule has 0 spiro atoms. The van der Waals surface area contributed by atoms with Gasteiger partial charge < -0.3 is 39.6 Å². The molecule has 3 aliphatic heterocycles. The molecule has 0 aliphatic carbocycles. The van der Waals surface area contributed by atoms with Crippen molar-refractivity contribution in [1.82, 2.24) is 15.5 Å². The highest BCUT2D eigenvalue weighted by molar-refractivity contribution is 5.79. The molecule has 2 aromatic carbocycles. The van der Waals surface area contributed by atoms with Crippen LogP contribution < -0.4 is 29.6 Å². The largest absolute Gasteiger partial charge is 0.496 e. The lowest BCUT2D eigenvalue weighted by atomic mass is 10.0. The van der Waals surface area contributed by atoms with Crippen LogP contribution in [0.15, 0.2) is 36.4 Å². The number of fused-ring (bicyclic) bond motifs is 9. The standard InChI is InChI=1S/C27H33N3O8/c1-35-22-7-3-17-4-8-25(32)28-13-18-5-6-19(12-23(18)36-2)38-21-9-10-30(27(34)15-31)14-20(21)29-26(33)16-37-24(22)11-17/h3,5-7,11-12,20-21,31H,4,8-10,13-16H2,1-2H3,(H,28,32)(H,29,33)/t20-,21+/m1/s1. The summed E-state index contributed by atoms with van der Waals surface area (Å²) in [5.41, 5.74) is 1.65. The zero-order valence-electron chi connectivity index (χ0n) is 21.5. The molecule has 3 heterocycles. The first-order valence-corrected chi connectivity index (χ1v) is 12.5. The Morgan fingerprint density at radius 3 is 2.66 bits per heavy atom. The number of aliphatic hydroxyl groups is 1. The van der Waals surface area contributed by atoms with Gasteiger partial charge in [0.2, 0.25) is 11.8 Å². The first kappa shape index (κ1) is 27.1. The molecule has 3 aliphatic rings. The molecule has 3 N–H and O–H groups in total. The highest BCUT2D eigenvalue weighted by atomic mass is 16.5. The highest BCUT2D eigenvalue weighted by Gasteiger charge is 2.34. The predicted octanol–water partition coefficient (Wildman–Crippen LogP) is 0.802. The van der Waals surface area contributed by atoms with E-state index in [1.165, 1.54) is 12.0 Å². The van der Waals surface area contributed by atoms with Gasteiger partial charge >= 0.3 is 0 Å². The summed E-state index contributed by atoms with van der Waals surface area (Å²) in [6.07, 6.45) is 0.730. The van der Waals surface area contributed by atoms with Crippen LogP contribution in [-0.2, 0) is 27.3 Å². The van der Waals surface area contributed by atoms with Crippen LogP contribution in [0.25, 0.3) is 0 Å². The smallest absolute Gasteiger partial charge is 0.258 e. The summed E-state index contributed by atoms with van der Waals surface area (Å²) >= 11 is 0. The third kappa shape index (κ3) is 6.65. The molecule has 0 aromatic heterocycles. The van der Waals surface area contributed by atoms with Crippen LogP contribution in [0, 0.1) is 0 Å². The molecule has 11 nitrogen and oxygen atoms in total. The van der Waals surface area contributed by atoms with Crippen molar-refractivity contribution in [1.29, 1.82) is 0 Å². The van der Waals surface area contributed by atoms with Crippen molar-refractivity contribution in [2.24, 2.45) is 0 Å². The number of nitrogens with zero attached hydrogens (tertiary/aromatic N) is 1. The van der Waals surface area contributed by atoms with E-state index in [0.29, 0.717) is 48.9 Å². The maximum Gasteiger partial charge on any atom is 0.258 e. The maximum absolute atomic E-state index is 12.9. The summed E-state index contributed by atoms with van der Waals surface area (Å²) in [7, 11) is 3.05. The van der Waals surface area contributed by atoms with E-state index < -0.39 is 30.6 Å². The molecule has 1 saturated heterocycles. The van der Waals surface area contributed by atoms with E-state index in [1.807, 2.05) is 12.1 Å². The molecule has 11 heteroatoms. The second kappa shape index (κ2) is 12.5. The molecule has 0 radical (unpaired) electrons. The number of likely N-dealkylation sites (tertiary alicyclic amines) is 1. The highest BCUT2D eigenvalue weighted by Crippen LogP contribution is 2.30. The van der Waals surface area contributed by atoms with Gasteiger partial charge in [-0.3, -0.25) is 14.4 Å². The van der Waals surface area contributed by atoms with Crippen LogP contribution in [0.2, 0.25) is 0 Å². The number of hydrogen-bond donors (Lipinski definition) is 3. The van der Waals surface area contributed by atoms with Crippen LogP contribution in [0.3, 0.4) is 0 Å². The van der Waals surface area contributed by atoms with E-state index in [-0.39, 0.29) is 25.5 Å². The Bertz CT molecular complexity index is 1170. The van der Waals surface area contributed by atoms with E-state index in [1.54, 1.807) is 31.4 Å². The number of benzene rings is 2. The second-order valence-corrected chi connectivity index (χ2v) is 9.14. The maximum atomic E-state index is 12.9.